The lowest BCUT2D eigenvalue weighted by atomic mass is 10.1. The van der Waals surface area contributed by atoms with E-state index in [0.29, 0.717) is 5.92 Å². The van der Waals surface area contributed by atoms with Gasteiger partial charge in [0, 0.05) is 0 Å². The van der Waals surface area contributed by atoms with Crippen LogP contribution in [0.15, 0.2) is 54.6 Å². The Labute approximate surface area is 127 Å². The van der Waals surface area contributed by atoms with Crippen LogP contribution in [0.25, 0.3) is 11.1 Å². The fraction of sp³-hybridized carbons (Fsp3) is 0.333. The quantitative estimate of drug-likeness (QED) is 0.698. The first-order chi connectivity index (χ1) is 9.79. The fourth-order valence-electron chi connectivity index (χ4n) is 2.12. The summed E-state index contributed by atoms with van der Waals surface area (Å²) in [7, 11) is 0. The summed E-state index contributed by atoms with van der Waals surface area (Å²) in [6, 6.07) is 18.7. The molecule has 0 heterocycles. The van der Waals surface area contributed by atoms with Crippen molar-refractivity contribution in [3.63, 3.8) is 0 Å². The van der Waals surface area contributed by atoms with Gasteiger partial charge in [-0.3, -0.25) is 0 Å². The Balaban J connectivity index is 1.86. The number of hydrogen-bond acceptors (Lipinski definition) is 2. The van der Waals surface area contributed by atoms with Crippen LogP contribution in [0.2, 0.25) is 0 Å². The van der Waals surface area contributed by atoms with Gasteiger partial charge in [-0.05, 0) is 47.8 Å². The zero-order chi connectivity index (χ0) is 14.2. The summed E-state index contributed by atoms with van der Waals surface area (Å²) in [4.78, 5) is 0. The van der Waals surface area contributed by atoms with Crippen LogP contribution in [-0.2, 0) is 0 Å². The Morgan fingerprint density at radius 3 is 2.20 bits per heavy atom. The SMILES string of the molecule is CC(CCS)CCOc1ccc(-c2ccccc2)cc1. The molecule has 0 saturated heterocycles. The third-order valence-electron chi connectivity index (χ3n) is 3.46. The molecule has 1 nitrogen and oxygen atoms in total. The van der Waals surface area contributed by atoms with E-state index in [4.69, 9.17) is 4.74 Å². The van der Waals surface area contributed by atoms with Crippen molar-refractivity contribution in [1.29, 1.82) is 0 Å². The van der Waals surface area contributed by atoms with Crippen molar-refractivity contribution in [1.82, 2.24) is 0 Å². The van der Waals surface area contributed by atoms with Gasteiger partial charge in [0.1, 0.15) is 5.75 Å². The maximum atomic E-state index is 5.79. The van der Waals surface area contributed by atoms with Crippen LogP contribution in [0.3, 0.4) is 0 Å². The Morgan fingerprint density at radius 2 is 1.55 bits per heavy atom. The van der Waals surface area contributed by atoms with Crippen molar-refractivity contribution in [2.24, 2.45) is 5.92 Å². The summed E-state index contributed by atoms with van der Waals surface area (Å²) >= 11 is 4.26. The highest BCUT2D eigenvalue weighted by Crippen LogP contribution is 2.22. The predicted molar refractivity (Wildman–Crippen MR) is 89.6 cm³/mol. The van der Waals surface area contributed by atoms with E-state index in [9.17, 15) is 0 Å². The lowest BCUT2D eigenvalue weighted by Gasteiger charge is -2.11. The zero-order valence-electron chi connectivity index (χ0n) is 12.0. The van der Waals surface area contributed by atoms with E-state index >= 15 is 0 Å². The first-order valence-electron chi connectivity index (χ1n) is 7.18. The molecule has 2 aromatic rings. The topological polar surface area (TPSA) is 9.23 Å². The van der Waals surface area contributed by atoms with Gasteiger partial charge < -0.3 is 4.74 Å². The molecular weight excluding hydrogens is 264 g/mol. The normalized spacial score (nSPS) is 12.1. The molecule has 0 aliphatic rings. The maximum absolute atomic E-state index is 5.79. The molecule has 0 amide bonds. The standard InChI is InChI=1S/C18H22OS/c1-15(12-14-20)11-13-19-18-9-7-17(8-10-18)16-5-3-2-4-6-16/h2-10,15,20H,11-14H2,1H3. The van der Waals surface area contributed by atoms with Crippen molar-refractivity contribution in [2.75, 3.05) is 12.4 Å². The molecule has 1 unspecified atom stereocenters. The van der Waals surface area contributed by atoms with E-state index in [1.807, 2.05) is 18.2 Å². The molecule has 106 valence electrons. The van der Waals surface area contributed by atoms with Gasteiger partial charge in [0.05, 0.1) is 6.61 Å². The number of rotatable bonds is 7. The maximum Gasteiger partial charge on any atom is 0.119 e. The monoisotopic (exact) mass is 286 g/mol. The van der Waals surface area contributed by atoms with Gasteiger partial charge in [0.2, 0.25) is 0 Å². The second-order valence-corrected chi connectivity index (χ2v) is 5.59. The minimum absolute atomic E-state index is 0.677. The Kier molecular flexibility index (Phi) is 6.00. The Morgan fingerprint density at radius 1 is 0.900 bits per heavy atom. The van der Waals surface area contributed by atoms with Crippen LogP contribution in [0.5, 0.6) is 5.75 Å². The average molecular weight is 286 g/mol. The molecule has 20 heavy (non-hydrogen) atoms. The molecule has 2 rings (SSSR count). The first-order valence-corrected chi connectivity index (χ1v) is 7.82. The third-order valence-corrected chi connectivity index (χ3v) is 3.72. The highest BCUT2D eigenvalue weighted by molar-refractivity contribution is 7.80. The molecular formula is C18H22OS. The summed E-state index contributed by atoms with van der Waals surface area (Å²) in [6.45, 7) is 3.03. The summed E-state index contributed by atoms with van der Waals surface area (Å²) in [5, 5.41) is 0. The summed E-state index contributed by atoms with van der Waals surface area (Å²) in [6.07, 6.45) is 2.24. The number of thiol groups is 1. The molecule has 0 saturated carbocycles. The fourth-order valence-corrected chi connectivity index (χ4v) is 2.56. The van der Waals surface area contributed by atoms with Crippen LogP contribution in [0, 0.1) is 5.92 Å². The lowest BCUT2D eigenvalue weighted by molar-refractivity contribution is 0.282. The molecule has 0 aliphatic carbocycles. The second kappa shape index (κ2) is 8.01. The molecule has 0 N–H and O–H groups in total. The van der Waals surface area contributed by atoms with Gasteiger partial charge in [-0.1, -0.05) is 49.4 Å². The van der Waals surface area contributed by atoms with Crippen molar-refractivity contribution in [3.05, 3.63) is 54.6 Å². The van der Waals surface area contributed by atoms with Crippen molar-refractivity contribution >= 4 is 12.6 Å². The molecule has 0 bridgehead atoms. The van der Waals surface area contributed by atoms with Crippen LogP contribution >= 0.6 is 12.6 Å². The Hall–Kier alpha value is -1.41. The van der Waals surface area contributed by atoms with Gasteiger partial charge >= 0.3 is 0 Å². The van der Waals surface area contributed by atoms with Gasteiger partial charge in [0.15, 0.2) is 0 Å². The summed E-state index contributed by atoms with van der Waals surface area (Å²) < 4.78 is 5.79. The first kappa shape index (κ1) is 15.0. The number of hydrogen-bond donors (Lipinski definition) is 1. The van der Waals surface area contributed by atoms with E-state index < -0.39 is 0 Å². The Bertz CT molecular complexity index is 493. The molecule has 0 radical (unpaired) electrons. The number of benzene rings is 2. The largest absolute Gasteiger partial charge is 0.494 e. The van der Waals surface area contributed by atoms with E-state index in [1.165, 1.54) is 11.1 Å². The van der Waals surface area contributed by atoms with Crippen LogP contribution in [-0.4, -0.2) is 12.4 Å². The van der Waals surface area contributed by atoms with Crippen LogP contribution < -0.4 is 4.74 Å². The minimum Gasteiger partial charge on any atom is -0.494 e. The molecule has 0 fully saturated rings. The molecule has 2 heteroatoms. The van der Waals surface area contributed by atoms with E-state index in [2.05, 4.69) is 56.0 Å². The van der Waals surface area contributed by atoms with Gasteiger partial charge in [-0.15, -0.1) is 0 Å². The van der Waals surface area contributed by atoms with Gasteiger partial charge in [-0.25, -0.2) is 0 Å². The van der Waals surface area contributed by atoms with Crippen molar-refractivity contribution < 1.29 is 4.74 Å². The molecule has 0 aliphatic heterocycles. The molecule has 1 atom stereocenters. The van der Waals surface area contributed by atoms with Gasteiger partial charge in [0.25, 0.3) is 0 Å². The third kappa shape index (κ3) is 4.61. The second-order valence-electron chi connectivity index (χ2n) is 5.14. The van der Waals surface area contributed by atoms with E-state index in [1.54, 1.807) is 0 Å². The van der Waals surface area contributed by atoms with Gasteiger partial charge in [-0.2, -0.15) is 12.6 Å². The molecule has 0 spiro atoms. The smallest absolute Gasteiger partial charge is 0.119 e. The van der Waals surface area contributed by atoms with Crippen LogP contribution in [0.1, 0.15) is 19.8 Å². The lowest BCUT2D eigenvalue weighted by Crippen LogP contribution is -2.04. The highest BCUT2D eigenvalue weighted by Gasteiger charge is 2.02. The van der Waals surface area contributed by atoms with E-state index in [0.717, 1.165) is 31.0 Å². The molecule has 0 aromatic heterocycles. The summed E-state index contributed by atoms with van der Waals surface area (Å²) in [5.41, 5.74) is 2.46. The summed E-state index contributed by atoms with van der Waals surface area (Å²) in [5.74, 6) is 2.58. The van der Waals surface area contributed by atoms with Crippen LogP contribution in [0.4, 0.5) is 0 Å². The highest BCUT2D eigenvalue weighted by atomic mass is 32.1. The van der Waals surface area contributed by atoms with E-state index in [-0.39, 0.29) is 0 Å². The zero-order valence-corrected chi connectivity index (χ0v) is 12.9. The minimum atomic E-state index is 0.677. The van der Waals surface area contributed by atoms with Crippen molar-refractivity contribution in [2.45, 2.75) is 19.8 Å². The van der Waals surface area contributed by atoms with Crippen molar-refractivity contribution in [3.8, 4) is 16.9 Å². The average Bonchev–Trinajstić information content (AvgIpc) is 2.49. The number of ether oxygens (including phenoxy) is 1. The molecule has 2 aromatic carbocycles. The predicted octanol–water partition coefficient (Wildman–Crippen LogP) is 5.08.